The molecule has 1 aromatic carbocycles. The fourth-order valence-corrected chi connectivity index (χ4v) is 4.43. The lowest BCUT2D eigenvalue weighted by Gasteiger charge is -2.34. The van der Waals surface area contributed by atoms with Crippen LogP contribution in [0.5, 0.6) is 0 Å². The second-order valence-corrected chi connectivity index (χ2v) is 7.63. The Labute approximate surface area is 183 Å². The van der Waals surface area contributed by atoms with E-state index in [4.69, 9.17) is 18.9 Å². The van der Waals surface area contributed by atoms with E-state index in [1.165, 1.54) is 30.3 Å². The Bertz CT molecular complexity index is 1010. The molecule has 3 aliphatic heterocycles. The zero-order chi connectivity index (χ0) is 23.2. The molecule has 2 amide bonds. The van der Waals surface area contributed by atoms with Crippen LogP contribution >= 0.6 is 0 Å². The predicted octanol–water partition coefficient (Wildman–Crippen LogP) is 1.13. The Kier molecular flexibility index (Phi) is 5.33. The van der Waals surface area contributed by atoms with Crippen LogP contribution in [-0.2, 0) is 38.1 Å². The van der Waals surface area contributed by atoms with Crippen molar-refractivity contribution in [3.63, 3.8) is 0 Å². The molecule has 3 heterocycles. The van der Waals surface area contributed by atoms with Crippen LogP contribution < -0.4 is 4.90 Å². The fourth-order valence-electron chi connectivity index (χ4n) is 4.43. The van der Waals surface area contributed by atoms with Crippen molar-refractivity contribution < 1.29 is 42.9 Å². The first-order chi connectivity index (χ1) is 15.2. The summed E-state index contributed by atoms with van der Waals surface area (Å²) in [6.07, 6.45) is 0.832. The van der Waals surface area contributed by atoms with E-state index in [2.05, 4.69) is 0 Å². The minimum Gasteiger partial charge on any atom is -0.462 e. The lowest BCUT2D eigenvalue weighted by molar-refractivity contribution is -0.226. The first-order valence-corrected chi connectivity index (χ1v) is 10.1. The monoisotopic (exact) mass is 443 g/mol. The molecule has 168 valence electrons. The largest absolute Gasteiger partial charge is 0.462 e. The van der Waals surface area contributed by atoms with E-state index in [-0.39, 0.29) is 17.9 Å². The van der Waals surface area contributed by atoms with Crippen LogP contribution in [0.15, 0.2) is 36.4 Å². The van der Waals surface area contributed by atoms with Crippen LogP contribution in [0.25, 0.3) is 0 Å². The van der Waals surface area contributed by atoms with Gasteiger partial charge in [0.05, 0.1) is 35.8 Å². The number of carbonyl (C=O) groups excluding carboxylic acids is 5. The molecule has 4 rings (SSSR count). The molecule has 2 bridgehead atoms. The van der Waals surface area contributed by atoms with Crippen molar-refractivity contribution in [2.75, 3.05) is 11.5 Å². The van der Waals surface area contributed by atoms with Crippen molar-refractivity contribution in [1.29, 1.82) is 0 Å². The van der Waals surface area contributed by atoms with E-state index in [0.717, 1.165) is 18.7 Å². The molecule has 0 aromatic heterocycles. The molecule has 0 aliphatic carbocycles. The first kappa shape index (κ1) is 21.7. The third kappa shape index (κ3) is 3.27. The molecule has 0 N–H and O–H groups in total. The zero-order valence-corrected chi connectivity index (χ0v) is 17.6. The van der Waals surface area contributed by atoms with Gasteiger partial charge in [0, 0.05) is 13.8 Å². The van der Waals surface area contributed by atoms with Gasteiger partial charge in [0.2, 0.25) is 11.8 Å². The summed E-state index contributed by atoms with van der Waals surface area (Å²) in [5.74, 6) is -5.00. The fraction of sp³-hybridized carbons (Fsp3) is 0.409. The number of anilines is 1. The molecule has 10 heteroatoms. The highest BCUT2D eigenvalue weighted by molar-refractivity contribution is 6.23. The molecule has 1 aromatic rings. The summed E-state index contributed by atoms with van der Waals surface area (Å²) in [7, 11) is 0. The van der Waals surface area contributed by atoms with Gasteiger partial charge in [0.15, 0.2) is 5.60 Å². The van der Waals surface area contributed by atoms with Crippen molar-refractivity contribution in [2.45, 2.75) is 38.8 Å². The Balaban J connectivity index is 1.66. The van der Waals surface area contributed by atoms with Crippen LogP contribution in [-0.4, -0.2) is 54.3 Å². The van der Waals surface area contributed by atoms with Gasteiger partial charge in [-0.05, 0) is 37.3 Å². The lowest BCUT2D eigenvalue weighted by Crippen LogP contribution is -2.52. The van der Waals surface area contributed by atoms with Gasteiger partial charge in [0.1, 0.15) is 0 Å². The lowest BCUT2D eigenvalue weighted by atomic mass is 9.76. The van der Waals surface area contributed by atoms with Gasteiger partial charge >= 0.3 is 17.9 Å². The van der Waals surface area contributed by atoms with E-state index < -0.39 is 59.6 Å². The Morgan fingerprint density at radius 1 is 1.06 bits per heavy atom. The second-order valence-electron chi connectivity index (χ2n) is 7.63. The number of ether oxygens (including phenoxy) is 4. The summed E-state index contributed by atoms with van der Waals surface area (Å²) in [6, 6.07) is 5.87. The predicted molar refractivity (Wildman–Crippen MR) is 106 cm³/mol. The molecule has 0 saturated carbocycles. The Morgan fingerprint density at radius 2 is 1.69 bits per heavy atom. The van der Waals surface area contributed by atoms with Gasteiger partial charge in [-0.25, -0.2) is 9.69 Å². The molecule has 32 heavy (non-hydrogen) atoms. The minimum absolute atomic E-state index is 0.218. The van der Waals surface area contributed by atoms with E-state index in [9.17, 15) is 24.0 Å². The average molecular weight is 443 g/mol. The molecular formula is C22H21NO9. The normalized spacial score (nSPS) is 27.6. The highest BCUT2D eigenvalue weighted by Crippen LogP contribution is 2.54. The van der Waals surface area contributed by atoms with Crippen molar-refractivity contribution in [2.24, 2.45) is 11.8 Å². The number of hydrogen-bond acceptors (Lipinski definition) is 9. The minimum atomic E-state index is -1.61. The summed E-state index contributed by atoms with van der Waals surface area (Å²) in [5, 5.41) is 0. The Hall–Kier alpha value is -3.53. The van der Waals surface area contributed by atoms with Crippen LogP contribution in [0.4, 0.5) is 5.69 Å². The summed E-state index contributed by atoms with van der Waals surface area (Å²) in [5.41, 5.74) is -1.06. The van der Waals surface area contributed by atoms with E-state index >= 15 is 0 Å². The Morgan fingerprint density at radius 3 is 2.25 bits per heavy atom. The number of rotatable bonds is 6. The number of carbonyl (C=O) groups is 5. The van der Waals surface area contributed by atoms with Crippen molar-refractivity contribution >= 4 is 35.4 Å². The third-order valence-corrected chi connectivity index (χ3v) is 5.63. The second kappa shape index (κ2) is 7.86. The molecule has 2 saturated heterocycles. The maximum absolute atomic E-state index is 13.4. The number of fused-ring (bicyclic) bond motifs is 5. The zero-order valence-electron chi connectivity index (χ0n) is 17.6. The van der Waals surface area contributed by atoms with E-state index in [1.807, 2.05) is 0 Å². The van der Waals surface area contributed by atoms with Crippen LogP contribution in [0.2, 0.25) is 0 Å². The summed E-state index contributed by atoms with van der Waals surface area (Å²) < 4.78 is 21.2. The number of esters is 3. The average Bonchev–Trinajstić information content (AvgIpc) is 3.38. The van der Waals surface area contributed by atoms with Crippen LogP contribution in [0, 0.1) is 11.8 Å². The van der Waals surface area contributed by atoms with Crippen LogP contribution in [0.3, 0.4) is 0 Å². The van der Waals surface area contributed by atoms with Gasteiger partial charge in [-0.2, -0.15) is 0 Å². The van der Waals surface area contributed by atoms with Gasteiger partial charge in [-0.15, -0.1) is 0 Å². The van der Waals surface area contributed by atoms with Gasteiger partial charge < -0.3 is 18.9 Å². The number of benzene rings is 1. The molecule has 10 nitrogen and oxygen atoms in total. The first-order valence-electron chi connectivity index (χ1n) is 10.1. The van der Waals surface area contributed by atoms with Gasteiger partial charge in [-0.1, -0.05) is 6.08 Å². The number of amides is 2. The van der Waals surface area contributed by atoms with Crippen LogP contribution in [0.1, 0.15) is 31.1 Å². The molecular weight excluding hydrogens is 422 g/mol. The summed E-state index contributed by atoms with van der Waals surface area (Å²) in [4.78, 5) is 62.8. The number of nitrogens with zero attached hydrogens (tertiary/aromatic N) is 1. The SMILES string of the molecule is CCOC(=O)c1ccc(N2C(=O)[C@@H]3[C@@H](C2=O)[C@]2(C(OC(C)=O)OC(C)=O)C=C[C@H]3O2)cc1. The molecule has 0 radical (unpaired) electrons. The number of imide groups is 1. The highest BCUT2D eigenvalue weighted by atomic mass is 16.7. The molecule has 4 atom stereocenters. The van der Waals surface area contributed by atoms with Crippen molar-refractivity contribution in [1.82, 2.24) is 0 Å². The maximum Gasteiger partial charge on any atom is 0.338 e. The van der Waals surface area contributed by atoms with Crippen molar-refractivity contribution in [3.05, 3.63) is 42.0 Å². The molecule has 3 aliphatic rings. The maximum atomic E-state index is 13.4. The van der Waals surface area contributed by atoms with E-state index in [1.54, 1.807) is 13.0 Å². The van der Waals surface area contributed by atoms with Gasteiger partial charge in [-0.3, -0.25) is 19.2 Å². The molecule has 2 fully saturated rings. The smallest absolute Gasteiger partial charge is 0.338 e. The van der Waals surface area contributed by atoms with Crippen molar-refractivity contribution in [3.8, 4) is 0 Å². The standard InChI is InChI=1S/C22H21NO9/c1-4-29-20(28)13-5-7-14(8-6-13)23-18(26)16-15-9-10-22(32-15,17(16)19(23)27)21(30-11(2)24)31-12(3)25/h5-10,15-17,21H,4H2,1-3H3/t15-,16+,17+,22+/m1/s1. The third-order valence-electron chi connectivity index (χ3n) is 5.63. The van der Waals surface area contributed by atoms with E-state index in [0.29, 0.717) is 0 Å². The highest BCUT2D eigenvalue weighted by Gasteiger charge is 2.72. The summed E-state index contributed by atoms with van der Waals surface area (Å²) >= 11 is 0. The van der Waals surface area contributed by atoms with Gasteiger partial charge in [0.25, 0.3) is 6.29 Å². The quantitative estimate of drug-likeness (QED) is 0.275. The molecule has 0 unspecified atom stereocenters. The molecule has 0 spiro atoms. The number of hydrogen-bond donors (Lipinski definition) is 0. The summed E-state index contributed by atoms with van der Waals surface area (Å²) in [6.45, 7) is 4.17. The topological polar surface area (TPSA) is 126 Å².